The van der Waals surface area contributed by atoms with E-state index in [0.29, 0.717) is 53.2 Å². The molecule has 2 aromatic carbocycles. The zero-order valence-corrected chi connectivity index (χ0v) is 18.8. The van der Waals surface area contributed by atoms with E-state index < -0.39 is 17.7 Å². The minimum atomic E-state index is -0.835. The van der Waals surface area contributed by atoms with Crippen molar-refractivity contribution in [3.8, 4) is 11.5 Å². The van der Waals surface area contributed by atoms with Crippen LogP contribution in [0.25, 0.3) is 10.9 Å². The number of carboxylic acids is 1. The van der Waals surface area contributed by atoms with Crippen LogP contribution in [0, 0.1) is 11.7 Å². The van der Waals surface area contributed by atoms with E-state index in [2.05, 4.69) is 15.3 Å². The molecular weight excluding hydrogens is 437 g/mol. The molecule has 3 aromatic rings. The number of anilines is 2. The molecule has 2 atom stereocenters. The van der Waals surface area contributed by atoms with Gasteiger partial charge >= 0.3 is 5.97 Å². The Hall–Kier alpha value is -3.13. The largest absolute Gasteiger partial charge is 0.493 e. The second-order valence-corrected chi connectivity index (χ2v) is 7.73. The monoisotopic (exact) mass is 461 g/mol. The van der Waals surface area contributed by atoms with Crippen molar-refractivity contribution in [2.45, 2.75) is 39.2 Å². The summed E-state index contributed by atoms with van der Waals surface area (Å²) >= 11 is 5.89. The summed E-state index contributed by atoms with van der Waals surface area (Å²) in [5.41, 5.74) is 1.18. The average molecular weight is 462 g/mol. The third kappa shape index (κ3) is 5.37. The third-order valence-corrected chi connectivity index (χ3v) is 5.53. The number of fused-ring (bicyclic) bond motifs is 1. The van der Waals surface area contributed by atoms with Crippen molar-refractivity contribution in [3.05, 3.63) is 47.5 Å². The number of rotatable bonds is 10. The number of aromatic nitrogens is 2. The van der Waals surface area contributed by atoms with Crippen LogP contribution in [0.1, 0.15) is 33.1 Å². The first kappa shape index (κ1) is 23.5. The standard InChI is InChI=1S/C23H25ClFN3O4/c1-4-13(23(29)30)8-15(5-2)32-21-10-16-19(11-20(21)31-3)26-12-27-22(16)28-14-6-7-18(25)17(24)9-14/h6-7,9-13,15H,4-5,8H2,1-3H3,(H,29,30)(H,26,27,28). The fourth-order valence-electron chi connectivity index (χ4n) is 3.36. The number of benzene rings is 2. The second-order valence-electron chi connectivity index (χ2n) is 7.32. The van der Waals surface area contributed by atoms with Crippen molar-refractivity contribution in [2.24, 2.45) is 5.92 Å². The first-order chi connectivity index (χ1) is 15.4. The molecule has 0 bridgehead atoms. The Labute approximate surface area is 190 Å². The summed E-state index contributed by atoms with van der Waals surface area (Å²) in [4.78, 5) is 20.1. The molecule has 0 spiro atoms. The molecule has 2 unspecified atom stereocenters. The Morgan fingerprint density at radius 3 is 2.59 bits per heavy atom. The number of nitrogens with one attached hydrogen (secondary N) is 1. The number of ether oxygens (including phenoxy) is 2. The zero-order chi connectivity index (χ0) is 23.3. The predicted molar refractivity (Wildman–Crippen MR) is 122 cm³/mol. The van der Waals surface area contributed by atoms with E-state index in [0.717, 1.165) is 0 Å². The number of carbonyl (C=O) groups is 1. The van der Waals surface area contributed by atoms with Crippen molar-refractivity contribution in [1.82, 2.24) is 9.97 Å². The summed E-state index contributed by atoms with van der Waals surface area (Å²) in [5.74, 6) is -0.415. The molecule has 170 valence electrons. The third-order valence-electron chi connectivity index (χ3n) is 5.24. The number of methoxy groups -OCH3 is 1. The van der Waals surface area contributed by atoms with Gasteiger partial charge in [0, 0.05) is 17.1 Å². The van der Waals surface area contributed by atoms with Gasteiger partial charge in [-0.05, 0) is 43.5 Å². The maximum atomic E-state index is 13.5. The predicted octanol–water partition coefficient (Wildman–Crippen LogP) is 5.83. The lowest BCUT2D eigenvalue weighted by molar-refractivity contribution is -0.142. The van der Waals surface area contributed by atoms with Gasteiger partial charge in [0.2, 0.25) is 0 Å². The first-order valence-electron chi connectivity index (χ1n) is 10.3. The van der Waals surface area contributed by atoms with Crippen molar-refractivity contribution in [2.75, 3.05) is 12.4 Å². The van der Waals surface area contributed by atoms with Gasteiger partial charge in [0.15, 0.2) is 11.5 Å². The van der Waals surface area contributed by atoms with Crippen molar-refractivity contribution in [1.29, 1.82) is 0 Å². The quantitative estimate of drug-likeness (QED) is 0.392. The molecule has 0 amide bonds. The SMILES string of the molecule is CCC(CC(CC)C(=O)O)Oc1cc2c(Nc3ccc(F)c(Cl)c3)ncnc2cc1OC. The molecule has 7 nitrogen and oxygen atoms in total. The minimum Gasteiger partial charge on any atom is -0.493 e. The van der Waals surface area contributed by atoms with Crippen LogP contribution in [0.3, 0.4) is 0 Å². The summed E-state index contributed by atoms with van der Waals surface area (Å²) in [7, 11) is 1.53. The van der Waals surface area contributed by atoms with Crippen molar-refractivity contribution < 1.29 is 23.8 Å². The van der Waals surface area contributed by atoms with Gasteiger partial charge in [-0.2, -0.15) is 0 Å². The van der Waals surface area contributed by atoms with Gasteiger partial charge in [0.05, 0.1) is 29.7 Å². The maximum absolute atomic E-state index is 13.5. The van der Waals surface area contributed by atoms with Crippen molar-refractivity contribution >= 4 is 40.0 Å². The lowest BCUT2D eigenvalue weighted by Crippen LogP contribution is -2.24. The fourth-order valence-corrected chi connectivity index (χ4v) is 3.54. The normalized spacial score (nSPS) is 12.9. The van der Waals surface area contributed by atoms with Crippen molar-refractivity contribution in [3.63, 3.8) is 0 Å². The van der Waals surface area contributed by atoms with E-state index in [-0.39, 0.29) is 11.1 Å². The highest BCUT2D eigenvalue weighted by atomic mass is 35.5. The van der Waals surface area contributed by atoms with E-state index in [1.54, 1.807) is 18.2 Å². The summed E-state index contributed by atoms with van der Waals surface area (Å²) in [6, 6.07) is 7.78. The van der Waals surface area contributed by atoms with Gasteiger partial charge in [-0.1, -0.05) is 25.4 Å². The molecular formula is C23H25ClFN3O4. The number of hydrogen-bond acceptors (Lipinski definition) is 6. The van der Waals surface area contributed by atoms with Crippen LogP contribution in [0.4, 0.5) is 15.9 Å². The Morgan fingerprint density at radius 1 is 1.19 bits per heavy atom. The topological polar surface area (TPSA) is 93.6 Å². The highest BCUT2D eigenvalue weighted by Crippen LogP contribution is 2.36. The first-order valence-corrected chi connectivity index (χ1v) is 10.7. The molecule has 0 aliphatic rings. The van der Waals surface area contributed by atoms with Gasteiger partial charge in [0.25, 0.3) is 0 Å². The molecule has 0 saturated heterocycles. The summed E-state index contributed by atoms with van der Waals surface area (Å²) in [6.07, 6.45) is 2.64. The van der Waals surface area contributed by atoms with E-state index in [1.165, 1.54) is 25.6 Å². The lowest BCUT2D eigenvalue weighted by Gasteiger charge is -2.22. The summed E-state index contributed by atoms with van der Waals surface area (Å²) in [6.45, 7) is 3.79. The molecule has 3 rings (SSSR count). The summed E-state index contributed by atoms with van der Waals surface area (Å²) in [5, 5.41) is 13.2. The molecule has 0 aliphatic carbocycles. The number of hydrogen-bond donors (Lipinski definition) is 2. The van der Waals surface area contributed by atoms with E-state index in [4.69, 9.17) is 21.1 Å². The second kappa shape index (κ2) is 10.5. The van der Waals surface area contributed by atoms with Crippen LogP contribution < -0.4 is 14.8 Å². The molecule has 32 heavy (non-hydrogen) atoms. The van der Waals surface area contributed by atoms with Gasteiger partial charge in [-0.3, -0.25) is 4.79 Å². The zero-order valence-electron chi connectivity index (χ0n) is 18.1. The van der Waals surface area contributed by atoms with Crippen LogP contribution in [-0.2, 0) is 4.79 Å². The van der Waals surface area contributed by atoms with Crippen LogP contribution in [0.2, 0.25) is 5.02 Å². The summed E-state index contributed by atoms with van der Waals surface area (Å²) < 4.78 is 25.2. The Kier molecular flexibility index (Phi) is 7.69. The number of nitrogens with zero attached hydrogens (tertiary/aromatic N) is 2. The maximum Gasteiger partial charge on any atom is 0.306 e. The average Bonchev–Trinajstić information content (AvgIpc) is 2.78. The molecule has 1 heterocycles. The minimum absolute atomic E-state index is 0.00579. The highest BCUT2D eigenvalue weighted by molar-refractivity contribution is 6.31. The molecule has 0 fully saturated rings. The van der Waals surface area contributed by atoms with E-state index in [1.807, 2.05) is 13.8 Å². The van der Waals surface area contributed by atoms with E-state index >= 15 is 0 Å². The van der Waals surface area contributed by atoms with Gasteiger partial charge in [0.1, 0.15) is 18.0 Å². The van der Waals surface area contributed by atoms with Gasteiger partial charge < -0.3 is 19.9 Å². The smallest absolute Gasteiger partial charge is 0.306 e. The van der Waals surface area contributed by atoms with E-state index in [9.17, 15) is 14.3 Å². The Balaban J connectivity index is 1.96. The van der Waals surface area contributed by atoms with Crippen LogP contribution >= 0.6 is 11.6 Å². The molecule has 2 N–H and O–H groups in total. The molecule has 0 aliphatic heterocycles. The van der Waals surface area contributed by atoms with Crippen LogP contribution in [-0.4, -0.2) is 34.3 Å². The number of aliphatic carboxylic acids is 1. The lowest BCUT2D eigenvalue weighted by atomic mass is 9.97. The number of carboxylic acid groups (broad SMARTS) is 1. The van der Waals surface area contributed by atoms with Crippen LogP contribution in [0.5, 0.6) is 11.5 Å². The Morgan fingerprint density at radius 2 is 1.97 bits per heavy atom. The number of halogens is 2. The fraction of sp³-hybridized carbons (Fsp3) is 0.348. The highest BCUT2D eigenvalue weighted by Gasteiger charge is 2.23. The molecule has 0 radical (unpaired) electrons. The van der Waals surface area contributed by atoms with Crippen LogP contribution in [0.15, 0.2) is 36.7 Å². The molecule has 0 saturated carbocycles. The van der Waals surface area contributed by atoms with Gasteiger partial charge in [-0.25, -0.2) is 14.4 Å². The van der Waals surface area contributed by atoms with Gasteiger partial charge in [-0.15, -0.1) is 0 Å². The Bertz CT molecular complexity index is 1110. The molecule has 1 aromatic heterocycles. The molecule has 9 heteroatoms.